The van der Waals surface area contributed by atoms with E-state index in [2.05, 4.69) is 0 Å². The van der Waals surface area contributed by atoms with Gasteiger partial charge in [-0.1, -0.05) is 19.1 Å². The highest BCUT2D eigenvalue weighted by atomic mass is 35.5. The Morgan fingerprint density at radius 3 is 2.25 bits per heavy atom. The van der Waals surface area contributed by atoms with Gasteiger partial charge in [-0.3, -0.25) is 0 Å². The van der Waals surface area contributed by atoms with E-state index in [1.54, 1.807) is 19.2 Å². The molecular weight excluding hydrogens is 296 g/mol. The topological polar surface area (TPSA) is 63.4 Å². The molecule has 1 fully saturated rings. The minimum absolute atomic E-state index is 0. The second kappa shape index (κ2) is 6.89. The molecule has 0 aromatic heterocycles. The number of nitrogens with two attached hydrogens (primary N) is 1. The van der Waals surface area contributed by atoms with Crippen LogP contribution in [0.4, 0.5) is 0 Å². The number of hydrogen-bond acceptors (Lipinski definition) is 3. The maximum absolute atomic E-state index is 12.5. The summed E-state index contributed by atoms with van der Waals surface area (Å²) >= 11 is 0. The lowest BCUT2D eigenvalue weighted by Gasteiger charge is -2.26. The Bertz CT molecular complexity index is 527. The molecule has 0 spiro atoms. The highest BCUT2D eigenvalue weighted by molar-refractivity contribution is 7.89. The predicted octanol–water partition coefficient (Wildman–Crippen LogP) is 2.03. The quantitative estimate of drug-likeness (QED) is 0.873. The van der Waals surface area contributed by atoms with Gasteiger partial charge in [-0.2, -0.15) is 4.31 Å². The first-order valence-electron chi connectivity index (χ1n) is 6.77. The minimum Gasteiger partial charge on any atom is -0.329 e. The first-order chi connectivity index (χ1) is 9.00. The third-order valence-electron chi connectivity index (χ3n) is 3.88. The Kier molecular flexibility index (Phi) is 6.01. The van der Waals surface area contributed by atoms with E-state index < -0.39 is 10.0 Å². The summed E-state index contributed by atoms with van der Waals surface area (Å²) in [6.45, 7) is 2.43. The van der Waals surface area contributed by atoms with Crippen LogP contribution in [0, 0.1) is 5.92 Å². The predicted molar refractivity (Wildman–Crippen MR) is 83.6 cm³/mol. The number of halogens is 1. The van der Waals surface area contributed by atoms with E-state index in [1.165, 1.54) is 4.31 Å². The van der Waals surface area contributed by atoms with Crippen molar-refractivity contribution in [3.05, 3.63) is 29.8 Å². The van der Waals surface area contributed by atoms with Crippen molar-refractivity contribution in [1.82, 2.24) is 4.31 Å². The van der Waals surface area contributed by atoms with Crippen LogP contribution in [-0.2, 0) is 16.4 Å². The van der Waals surface area contributed by atoms with Gasteiger partial charge in [-0.25, -0.2) is 8.42 Å². The molecule has 2 rings (SSSR count). The van der Waals surface area contributed by atoms with Gasteiger partial charge in [0.05, 0.1) is 4.90 Å². The van der Waals surface area contributed by atoms with E-state index >= 15 is 0 Å². The van der Waals surface area contributed by atoms with Crippen LogP contribution >= 0.6 is 12.4 Å². The maximum atomic E-state index is 12.5. The Morgan fingerprint density at radius 1 is 1.30 bits per heavy atom. The van der Waals surface area contributed by atoms with Gasteiger partial charge < -0.3 is 5.73 Å². The lowest BCUT2D eigenvalue weighted by molar-refractivity contribution is 0.340. The van der Waals surface area contributed by atoms with Gasteiger partial charge in [-0.15, -0.1) is 12.4 Å². The van der Waals surface area contributed by atoms with E-state index in [4.69, 9.17) is 5.73 Å². The zero-order valence-corrected chi connectivity index (χ0v) is 13.6. The van der Waals surface area contributed by atoms with E-state index in [9.17, 15) is 8.42 Å². The fraction of sp³-hybridized carbons (Fsp3) is 0.571. The summed E-state index contributed by atoms with van der Waals surface area (Å²) in [5.41, 5.74) is 6.87. The van der Waals surface area contributed by atoms with Crippen LogP contribution in [0.1, 0.15) is 25.3 Å². The van der Waals surface area contributed by atoms with Crippen molar-refractivity contribution in [2.45, 2.75) is 37.1 Å². The smallest absolute Gasteiger partial charge is 0.243 e. The molecule has 114 valence electrons. The van der Waals surface area contributed by atoms with Crippen LogP contribution in [-0.4, -0.2) is 32.4 Å². The number of nitrogens with zero attached hydrogens (tertiary/aromatic N) is 1. The van der Waals surface area contributed by atoms with E-state index in [1.807, 2.05) is 19.1 Å². The lowest BCUT2D eigenvalue weighted by atomic mass is 10.2. The molecule has 0 bridgehead atoms. The number of aryl methyl sites for hydroxylation is 1. The number of benzene rings is 1. The zero-order valence-electron chi connectivity index (χ0n) is 12.0. The standard InChI is InChI=1S/C14H22N2O2S.ClH/c1-3-11-4-8-13(9-5-11)19(17,18)16(2)14(10-15)12-6-7-12;/h4-5,8-9,12,14H,3,6-7,10,15H2,1-2H3;1H. The zero-order chi connectivity index (χ0) is 14.0. The van der Waals surface area contributed by atoms with Crippen LogP contribution in [0.5, 0.6) is 0 Å². The molecule has 1 aromatic rings. The Balaban J connectivity index is 0.00000200. The molecule has 0 heterocycles. The molecule has 6 heteroatoms. The van der Waals surface area contributed by atoms with Crippen molar-refractivity contribution in [2.75, 3.05) is 13.6 Å². The third kappa shape index (κ3) is 3.52. The van der Waals surface area contributed by atoms with Crippen molar-refractivity contribution in [3.63, 3.8) is 0 Å². The molecule has 0 aliphatic heterocycles. The molecule has 4 nitrogen and oxygen atoms in total. The maximum Gasteiger partial charge on any atom is 0.243 e. The number of sulfonamides is 1. The van der Waals surface area contributed by atoms with Gasteiger partial charge in [0, 0.05) is 19.6 Å². The summed E-state index contributed by atoms with van der Waals surface area (Å²) in [6, 6.07) is 7.04. The first-order valence-corrected chi connectivity index (χ1v) is 8.21. The van der Waals surface area contributed by atoms with Crippen molar-refractivity contribution in [1.29, 1.82) is 0 Å². The molecule has 20 heavy (non-hydrogen) atoms. The molecule has 1 aromatic carbocycles. The molecule has 1 aliphatic rings. The molecule has 1 unspecified atom stereocenters. The highest BCUT2D eigenvalue weighted by Crippen LogP contribution is 2.36. The number of hydrogen-bond donors (Lipinski definition) is 1. The molecule has 2 N–H and O–H groups in total. The van der Waals surface area contributed by atoms with Gasteiger partial charge in [0.25, 0.3) is 0 Å². The van der Waals surface area contributed by atoms with E-state index in [0.29, 0.717) is 17.4 Å². The minimum atomic E-state index is -3.43. The number of likely N-dealkylation sites (N-methyl/N-ethyl adjacent to an activating group) is 1. The summed E-state index contributed by atoms with van der Waals surface area (Å²) < 4.78 is 26.5. The Labute approximate surface area is 127 Å². The highest BCUT2D eigenvalue weighted by Gasteiger charge is 2.38. The largest absolute Gasteiger partial charge is 0.329 e. The summed E-state index contributed by atoms with van der Waals surface area (Å²) in [4.78, 5) is 0.353. The van der Waals surface area contributed by atoms with Crippen molar-refractivity contribution < 1.29 is 8.42 Å². The normalized spacial score (nSPS) is 16.8. The van der Waals surface area contributed by atoms with Crippen LogP contribution in [0.2, 0.25) is 0 Å². The average Bonchev–Trinajstić information content (AvgIpc) is 3.24. The van der Waals surface area contributed by atoms with Crippen LogP contribution in [0.3, 0.4) is 0 Å². The second-order valence-corrected chi connectivity index (χ2v) is 7.16. The molecule has 0 saturated heterocycles. The molecule has 1 atom stereocenters. The van der Waals surface area contributed by atoms with Gasteiger partial charge in [-0.05, 0) is 42.9 Å². The monoisotopic (exact) mass is 318 g/mol. The first kappa shape index (κ1) is 17.4. The van der Waals surface area contributed by atoms with Crippen LogP contribution in [0.25, 0.3) is 0 Å². The fourth-order valence-corrected chi connectivity index (χ4v) is 3.79. The number of rotatable bonds is 6. The molecule has 1 saturated carbocycles. The van der Waals surface area contributed by atoms with E-state index in [-0.39, 0.29) is 18.4 Å². The van der Waals surface area contributed by atoms with Gasteiger partial charge in [0.1, 0.15) is 0 Å². The summed E-state index contributed by atoms with van der Waals surface area (Å²) in [6.07, 6.45) is 3.07. The second-order valence-electron chi connectivity index (χ2n) is 5.16. The molecular formula is C14H23ClN2O2S. The van der Waals surface area contributed by atoms with Crippen LogP contribution < -0.4 is 5.73 Å². The molecule has 0 amide bonds. The van der Waals surface area contributed by atoms with E-state index in [0.717, 1.165) is 24.8 Å². The van der Waals surface area contributed by atoms with Gasteiger partial charge in [0.2, 0.25) is 10.0 Å². The molecule has 1 aliphatic carbocycles. The van der Waals surface area contributed by atoms with Crippen LogP contribution in [0.15, 0.2) is 29.2 Å². The summed E-state index contributed by atoms with van der Waals surface area (Å²) in [5.74, 6) is 0.430. The average molecular weight is 319 g/mol. The Morgan fingerprint density at radius 2 is 1.85 bits per heavy atom. The summed E-state index contributed by atoms with van der Waals surface area (Å²) in [5, 5.41) is 0. The van der Waals surface area contributed by atoms with Gasteiger partial charge >= 0.3 is 0 Å². The van der Waals surface area contributed by atoms with Crippen molar-refractivity contribution >= 4 is 22.4 Å². The lowest BCUT2D eigenvalue weighted by Crippen LogP contribution is -2.43. The Hall–Kier alpha value is -0.620. The SMILES string of the molecule is CCc1ccc(S(=O)(=O)N(C)C(CN)C2CC2)cc1.Cl. The van der Waals surface area contributed by atoms with Crippen molar-refractivity contribution in [3.8, 4) is 0 Å². The fourth-order valence-electron chi connectivity index (χ4n) is 2.36. The van der Waals surface area contributed by atoms with Crippen molar-refractivity contribution in [2.24, 2.45) is 11.7 Å². The molecule has 0 radical (unpaired) electrons. The third-order valence-corrected chi connectivity index (χ3v) is 5.78. The summed E-state index contributed by atoms with van der Waals surface area (Å²) in [7, 11) is -1.79. The van der Waals surface area contributed by atoms with Gasteiger partial charge in [0.15, 0.2) is 0 Å².